The lowest BCUT2D eigenvalue weighted by molar-refractivity contribution is -0.138. The van der Waals surface area contributed by atoms with Crippen molar-refractivity contribution in [1.82, 2.24) is 5.16 Å². The molecule has 0 aliphatic heterocycles. The Labute approximate surface area is 160 Å². The van der Waals surface area contributed by atoms with E-state index in [1.165, 1.54) is 0 Å². The van der Waals surface area contributed by atoms with Crippen molar-refractivity contribution in [3.8, 4) is 0 Å². The van der Waals surface area contributed by atoms with Crippen LogP contribution in [0.25, 0.3) is 0 Å². The fourth-order valence-electron chi connectivity index (χ4n) is 2.36. The Hall–Kier alpha value is -2.36. The number of carboxylic acid groups (broad SMARTS) is 1. The molecule has 0 atom stereocenters. The van der Waals surface area contributed by atoms with E-state index < -0.39 is 37.2 Å². The van der Waals surface area contributed by atoms with Crippen molar-refractivity contribution in [2.45, 2.75) is 54.8 Å². The van der Waals surface area contributed by atoms with E-state index in [1.807, 2.05) is 6.07 Å². The maximum atomic E-state index is 12.3. The summed E-state index contributed by atoms with van der Waals surface area (Å²) >= 11 is 0. The second kappa shape index (κ2) is 7.23. The molecule has 1 saturated carbocycles. The van der Waals surface area contributed by atoms with E-state index >= 15 is 0 Å². The first-order chi connectivity index (χ1) is 12.7. The predicted molar refractivity (Wildman–Crippen MR) is 93.4 cm³/mol. The van der Waals surface area contributed by atoms with Crippen molar-refractivity contribution in [2.24, 2.45) is 0 Å². The minimum Gasteiger partial charge on any atom is -0.480 e. The van der Waals surface area contributed by atoms with Crippen molar-refractivity contribution >= 4 is 15.8 Å². The molecule has 1 aromatic carbocycles. The summed E-state index contributed by atoms with van der Waals surface area (Å²) in [6, 6.07) is 4.73. The molecule has 28 heavy (non-hydrogen) atoms. The molecule has 1 N–H and O–H groups in total. The van der Waals surface area contributed by atoms with Crippen LogP contribution in [0.2, 0.25) is 0 Å². The van der Waals surface area contributed by atoms with E-state index in [0.717, 1.165) is 17.9 Å². The molecule has 1 fully saturated rings. The summed E-state index contributed by atoms with van der Waals surface area (Å²) in [6.07, 6.45) is -2.94. The highest BCUT2D eigenvalue weighted by atomic mass is 32.2. The van der Waals surface area contributed by atoms with Crippen molar-refractivity contribution < 1.29 is 36.0 Å². The Bertz CT molecular complexity index is 923. The fraction of sp³-hybridized carbons (Fsp3) is 0.444. The van der Waals surface area contributed by atoms with Gasteiger partial charge in [-0.2, -0.15) is 13.2 Å². The standard InChI is InChI=1S/C11H9F3O4S.C7H11NO/c12-11(13,14)7-1-3-8(4-2-7)19(17,18)10(5-6-10)9(15)16;1-7(2,3)6-4-5-8-9-6/h1-4H,5-6H2,(H,15,16);4-5H,1-3H3. The number of hydrogen-bond acceptors (Lipinski definition) is 5. The van der Waals surface area contributed by atoms with Gasteiger partial charge in [0.25, 0.3) is 0 Å². The Morgan fingerprint density at radius 3 is 1.93 bits per heavy atom. The van der Waals surface area contributed by atoms with Crippen molar-refractivity contribution in [1.29, 1.82) is 0 Å². The number of carbonyl (C=O) groups is 1. The SMILES string of the molecule is CC(C)(C)c1ccno1.O=C(O)C1(S(=O)(=O)c2ccc(C(F)(F)F)cc2)CC1. The molecule has 0 unspecified atom stereocenters. The second-order valence-corrected chi connectivity index (χ2v) is 9.71. The Kier molecular flexibility index (Phi) is 5.66. The van der Waals surface area contributed by atoms with Gasteiger partial charge in [-0.3, -0.25) is 4.79 Å². The third-order valence-electron chi connectivity index (χ3n) is 4.28. The average molecular weight is 419 g/mol. The molecule has 0 spiro atoms. The zero-order valence-electron chi connectivity index (χ0n) is 15.4. The lowest BCUT2D eigenvalue weighted by Gasteiger charge is -2.12. The van der Waals surface area contributed by atoms with Gasteiger partial charge < -0.3 is 9.63 Å². The highest BCUT2D eigenvalue weighted by Crippen LogP contribution is 2.47. The molecule has 0 radical (unpaired) electrons. The zero-order chi connectivity index (χ0) is 21.4. The van der Waals surface area contributed by atoms with E-state index in [1.54, 1.807) is 6.20 Å². The first-order valence-electron chi connectivity index (χ1n) is 8.28. The maximum absolute atomic E-state index is 12.3. The molecule has 10 heteroatoms. The van der Waals surface area contributed by atoms with Crippen molar-refractivity contribution in [3.05, 3.63) is 47.9 Å². The summed E-state index contributed by atoms with van der Waals surface area (Å²) in [6.45, 7) is 6.27. The number of aliphatic carboxylic acids is 1. The van der Waals surface area contributed by atoms with Crippen LogP contribution in [0.15, 0.2) is 45.9 Å². The number of hydrogen-bond donors (Lipinski definition) is 1. The van der Waals surface area contributed by atoms with Crippen LogP contribution in [0, 0.1) is 0 Å². The molecule has 2 aromatic rings. The lowest BCUT2D eigenvalue weighted by atomic mass is 9.94. The number of carboxylic acids is 1. The van der Waals surface area contributed by atoms with E-state index in [-0.39, 0.29) is 18.3 Å². The summed E-state index contributed by atoms with van der Waals surface area (Å²) in [4.78, 5) is 10.6. The van der Waals surface area contributed by atoms with Crippen LogP contribution in [-0.2, 0) is 26.2 Å². The number of rotatable bonds is 3. The van der Waals surface area contributed by atoms with Gasteiger partial charge in [-0.15, -0.1) is 0 Å². The van der Waals surface area contributed by atoms with Crippen LogP contribution < -0.4 is 0 Å². The fourth-order valence-corrected chi connectivity index (χ4v) is 4.18. The largest absolute Gasteiger partial charge is 0.480 e. The van der Waals surface area contributed by atoms with Crippen LogP contribution in [0.4, 0.5) is 13.2 Å². The van der Waals surface area contributed by atoms with Crippen LogP contribution >= 0.6 is 0 Å². The number of alkyl halides is 3. The summed E-state index contributed by atoms with van der Waals surface area (Å²) in [5.41, 5.74) is -0.886. The highest BCUT2D eigenvalue weighted by molar-refractivity contribution is 7.94. The van der Waals surface area contributed by atoms with Gasteiger partial charge in [-0.05, 0) is 37.1 Å². The Morgan fingerprint density at radius 2 is 1.64 bits per heavy atom. The van der Waals surface area contributed by atoms with Gasteiger partial charge in [0, 0.05) is 11.5 Å². The normalized spacial score (nSPS) is 16.1. The summed E-state index contributed by atoms with van der Waals surface area (Å²) in [5, 5.41) is 12.5. The first-order valence-corrected chi connectivity index (χ1v) is 9.76. The topological polar surface area (TPSA) is 97.5 Å². The van der Waals surface area contributed by atoms with Gasteiger partial charge in [0.15, 0.2) is 14.6 Å². The van der Waals surface area contributed by atoms with Gasteiger partial charge in [-0.1, -0.05) is 25.9 Å². The molecule has 3 rings (SSSR count). The molecule has 0 amide bonds. The van der Waals surface area contributed by atoms with Crippen LogP contribution in [-0.4, -0.2) is 29.4 Å². The lowest BCUT2D eigenvalue weighted by Crippen LogP contribution is -2.32. The van der Waals surface area contributed by atoms with Crippen LogP contribution in [0.1, 0.15) is 44.9 Å². The zero-order valence-corrected chi connectivity index (χ0v) is 16.3. The minimum atomic E-state index is -4.56. The Balaban J connectivity index is 0.000000261. The molecule has 154 valence electrons. The van der Waals surface area contributed by atoms with Gasteiger partial charge >= 0.3 is 12.1 Å². The van der Waals surface area contributed by atoms with E-state index in [0.29, 0.717) is 12.1 Å². The second-order valence-electron chi connectivity index (χ2n) is 7.45. The van der Waals surface area contributed by atoms with Gasteiger partial charge in [0.1, 0.15) is 5.76 Å². The minimum absolute atomic E-state index is 0.0221. The summed E-state index contributed by atoms with van der Waals surface area (Å²) in [7, 11) is -4.16. The quantitative estimate of drug-likeness (QED) is 0.806. The monoisotopic (exact) mass is 419 g/mol. The van der Waals surface area contributed by atoms with Gasteiger partial charge in [-0.25, -0.2) is 8.42 Å². The molecular weight excluding hydrogens is 399 g/mol. The average Bonchev–Trinajstić information content (AvgIpc) is 3.22. The van der Waals surface area contributed by atoms with Crippen LogP contribution in [0.3, 0.4) is 0 Å². The van der Waals surface area contributed by atoms with E-state index in [2.05, 4.69) is 25.9 Å². The highest BCUT2D eigenvalue weighted by Gasteiger charge is 2.61. The molecule has 6 nitrogen and oxygen atoms in total. The number of nitrogens with zero attached hydrogens (tertiary/aromatic N) is 1. The molecule has 1 aliphatic carbocycles. The van der Waals surface area contributed by atoms with Gasteiger partial charge in [0.2, 0.25) is 0 Å². The first kappa shape index (κ1) is 21.9. The Morgan fingerprint density at radius 1 is 1.11 bits per heavy atom. The summed E-state index contributed by atoms with van der Waals surface area (Å²) < 4.78 is 64.2. The van der Waals surface area contributed by atoms with Crippen LogP contribution in [0.5, 0.6) is 0 Å². The molecule has 1 aromatic heterocycles. The molecular formula is C18H20F3NO5S. The van der Waals surface area contributed by atoms with E-state index in [4.69, 9.17) is 9.63 Å². The number of sulfone groups is 1. The molecule has 0 saturated heterocycles. The number of halogens is 3. The molecule has 1 aliphatic rings. The maximum Gasteiger partial charge on any atom is 0.416 e. The predicted octanol–water partition coefficient (Wildman–Crippen LogP) is 4.07. The third kappa shape index (κ3) is 4.37. The number of benzene rings is 1. The van der Waals surface area contributed by atoms with Crippen molar-refractivity contribution in [3.63, 3.8) is 0 Å². The van der Waals surface area contributed by atoms with Gasteiger partial charge in [0.05, 0.1) is 16.7 Å². The van der Waals surface area contributed by atoms with Crippen molar-refractivity contribution in [2.75, 3.05) is 0 Å². The molecule has 1 heterocycles. The third-order valence-corrected chi connectivity index (χ3v) is 6.78. The summed E-state index contributed by atoms with van der Waals surface area (Å²) in [5.74, 6) is -0.533. The smallest absolute Gasteiger partial charge is 0.416 e. The number of aromatic nitrogens is 1. The van der Waals surface area contributed by atoms with E-state index in [9.17, 15) is 26.4 Å². The molecule has 0 bridgehead atoms.